The Hall–Kier alpha value is -1.36. The number of anilines is 2. The fraction of sp³-hybridized carbons (Fsp3) is 0.733. The van der Waals surface area contributed by atoms with Gasteiger partial charge in [-0.2, -0.15) is 0 Å². The fourth-order valence-corrected chi connectivity index (χ4v) is 2.91. The van der Waals surface area contributed by atoms with Crippen LogP contribution in [0.1, 0.15) is 57.7 Å². The Morgan fingerprint density at radius 3 is 2.55 bits per heavy atom. The first-order valence-electron chi connectivity index (χ1n) is 7.82. The van der Waals surface area contributed by atoms with E-state index in [1.807, 2.05) is 6.07 Å². The van der Waals surface area contributed by atoms with Crippen LogP contribution in [0.3, 0.4) is 0 Å². The zero-order chi connectivity index (χ0) is 14.4. The molecule has 0 spiro atoms. The summed E-state index contributed by atoms with van der Waals surface area (Å²) in [6.45, 7) is 2.14. The lowest BCUT2D eigenvalue weighted by Gasteiger charge is -2.28. The summed E-state index contributed by atoms with van der Waals surface area (Å²) in [5.74, 6) is 8.10. The lowest BCUT2D eigenvalue weighted by Crippen LogP contribution is -2.32. The molecule has 1 saturated carbocycles. The van der Waals surface area contributed by atoms with Crippen molar-refractivity contribution in [1.29, 1.82) is 0 Å². The number of hydrazine groups is 1. The Kier molecular flexibility index (Phi) is 5.59. The van der Waals surface area contributed by atoms with Crippen molar-refractivity contribution in [2.24, 2.45) is 5.84 Å². The van der Waals surface area contributed by atoms with Crippen molar-refractivity contribution in [2.75, 3.05) is 17.4 Å². The summed E-state index contributed by atoms with van der Waals surface area (Å²) in [6.07, 6.45) is 9.83. The summed E-state index contributed by atoms with van der Waals surface area (Å²) in [5, 5.41) is 0. The average molecular weight is 277 g/mol. The first-order valence-corrected chi connectivity index (χ1v) is 7.82. The van der Waals surface area contributed by atoms with Gasteiger partial charge in [0.2, 0.25) is 0 Å². The van der Waals surface area contributed by atoms with Crippen molar-refractivity contribution >= 4 is 11.6 Å². The number of hydrogen-bond acceptors (Lipinski definition) is 5. The maximum Gasteiger partial charge on any atom is 0.145 e. The molecule has 112 valence electrons. The molecule has 1 heterocycles. The average Bonchev–Trinajstić information content (AvgIpc) is 2.75. The van der Waals surface area contributed by atoms with E-state index in [1.165, 1.54) is 38.5 Å². The smallest absolute Gasteiger partial charge is 0.145 e. The quantitative estimate of drug-likeness (QED) is 0.492. The van der Waals surface area contributed by atoms with Crippen molar-refractivity contribution in [3.05, 3.63) is 11.9 Å². The molecule has 1 aliphatic carbocycles. The van der Waals surface area contributed by atoms with Crippen molar-refractivity contribution in [2.45, 2.75) is 64.3 Å². The molecule has 1 aromatic heterocycles. The largest absolute Gasteiger partial charge is 0.357 e. The fourth-order valence-electron chi connectivity index (χ4n) is 2.91. The number of nitrogens with zero attached hydrogens (tertiary/aromatic N) is 3. The molecule has 0 amide bonds. The highest BCUT2D eigenvalue weighted by Gasteiger charge is 2.19. The van der Waals surface area contributed by atoms with Gasteiger partial charge in [-0.15, -0.1) is 0 Å². The number of aryl methyl sites for hydroxylation is 1. The Labute approximate surface area is 121 Å². The normalized spacial score (nSPS) is 16.8. The summed E-state index contributed by atoms with van der Waals surface area (Å²) < 4.78 is 0. The van der Waals surface area contributed by atoms with E-state index in [9.17, 15) is 0 Å². The lowest BCUT2D eigenvalue weighted by atomic mass is 10.1. The summed E-state index contributed by atoms with van der Waals surface area (Å²) in [7, 11) is 2.15. The van der Waals surface area contributed by atoms with Gasteiger partial charge in [-0.25, -0.2) is 15.8 Å². The van der Waals surface area contributed by atoms with Crippen LogP contribution >= 0.6 is 0 Å². The Balaban J connectivity index is 2.18. The van der Waals surface area contributed by atoms with Crippen molar-refractivity contribution < 1.29 is 0 Å². The first-order chi connectivity index (χ1) is 9.74. The molecular weight excluding hydrogens is 250 g/mol. The van der Waals surface area contributed by atoms with Crippen LogP contribution in [0.4, 0.5) is 11.6 Å². The van der Waals surface area contributed by atoms with Gasteiger partial charge in [0.15, 0.2) is 0 Å². The van der Waals surface area contributed by atoms with E-state index in [2.05, 4.69) is 29.3 Å². The van der Waals surface area contributed by atoms with Gasteiger partial charge in [0.05, 0.1) is 0 Å². The molecule has 0 radical (unpaired) electrons. The molecule has 1 fully saturated rings. The molecule has 0 atom stereocenters. The molecule has 0 aromatic carbocycles. The van der Waals surface area contributed by atoms with Crippen LogP contribution in [0, 0.1) is 0 Å². The predicted molar refractivity (Wildman–Crippen MR) is 83.7 cm³/mol. The summed E-state index contributed by atoms with van der Waals surface area (Å²) in [4.78, 5) is 11.4. The van der Waals surface area contributed by atoms with Crippen molar-refractivity contribution in [1.82, 2.24) is 9.97 Å². The molecule has 5 nitrogen and oxygen atoms in total. The molecule has 20 heavy (non-hydrogen) atoms. The second-order valence-electron chi connectivity index (χ2n) is 5.68. The third-order valence-electron chi connectivity index (χ3n) is 4.11. The van der Waals surface area contributed by atoms with Crippen LogP contribution < -0.4 is 16.2 Å². The molecule has 5 heteroatoms. The molecular formula is C15H27N5. The molecule has 3 N–H and O–H groups in total. The highest BCUT2D eigenvalue weighted by Crippen LogP contribution is 2.25. The minimum absolute atomic E-state index is 0.590. The van der Waals surface area contributed by atoms with Gasteiger partial charge < -0.3 is 10.3 Å². The Morgan fingerprint density at radius 2 is 1.95 bits per heavy atom. The summed E-state index contributed by atoms with van der Waals surface area (Å²) >= 11 is 0. The Morgan fingerprint density at radius 1 is 1.25 bits per heavy atom. The number of nitrogens with two attached hydrogens (primary N) is 1. The number of hydrogen-bond donors (Lipinski definition) is 2. The summed E-state index contributed by atoms with van der Waals surface area (Å²) in [6, 6.07) is 2.54. The topological polar surface area (TPSA) is 67.1 Å². The first kappa shape index (κ1) is 15.0. The van der Waals surface area contributed by atoms with Gasteiger partial charge in [-0.1, -0.05) is 32.6 Å². The number of aromatic nitrogens is 2. The van der Waals surface area contributed by atoms with Gasteiger partial charge in [0.1, 0.15) is 17.5 Å². The summed E-state index contributed by atoms with van der Waals surface area (Å²) in [5.41, 5.74) is 2.66. The maximum atomic E-state index is 5.53. The predicted octanol–water partition coefficient (Wildman–Crippen LogP) is 2.87. The van der Waals surface area contributed by atoms with Gasteiger partial charge in [0, 0.05) is 25.6 Å². The van der Waals surface area contributed by atoms with E-state index >= 15 is 0 Å². The second-order valence-corrected chi connectivity index (χ2v) is 5.68. The zero-order valence-electron chi connectivity index (χ0n) is 12.7. The second kappa shape index (κ2) is 7.43. The van der Waals surface area contributed by atoms with E-state index in [-0.39, 0.29) is 0 Å². The minimum Gasteiger partial charge on any atom is -0.357 e. The van der Waals surface area contributed by atoms with Crippen LogP contribution in [0.2, 0.25) is 0 Å². The highest BCUT2D eigenvalue weighted by atomic mass is 15.3. The third-order valence-corrected chi connectivity index (χ3v) is 4.11. The van der Waals surface area contributed by atoms with E-state index in [0.717, 1.165) is 24.5 Å². The van der Waals surface area contributed by atoms with Crippen LogP contribution in [0.5, 0.6) is 0 Å². The molecule has 1 aliphatic rings. The van der Waals surface area contributed by atoms with Crippen LogP contribution in [0.15, 0.2) is 6.07 Å². The van der Waals surface area contributed by atoms with Gasteiger partial charge in [-0.05, 0) is 19.3 Å². The maximum absolute atomic E-state index is 5.53. The Bertz CT molecular complexity index is 413. The lowest BCUT2D eigenvalue weighted by molar-refractivity contribution is 0.548. The van der Waals surface area contributed by atoms with Crippen LogP contribution in [-0.4, -0.2) is 23.1 Å². The highest BCUT2D eigenvalue weighted by molar-refractivity contribution is 5.49. The van der Waals surface area contributed by atoms with Gasteiger partial charge in [-0.3, -0.25) is 0 Å². The molecule has 2 rings (SSSR count). The van der Waals surface area contributed by atoms with E-state index < -0.39 is 0 Å². The molecule has 0 unspecified atom stereocenters. The van der Waals surface area contributed by atoms with Crippen LogP contribution in [0.25, 0.3) is 0 Å². The number of nitrogen functional groups attached to an aromatic ring is 1. The standard InChI is InChI=1S/C15H27N5/c1-3-8-13-17-14(19-16)11-15(18-13)20(2)12-9-6-4-5-7-10-12/h11-12H,3-10,16H2,1-2H3,(H,17,18,19). The van der Waals surface area contributed by atoms with Crippen LogP contribution in [-0.2, 0) is 6.42 Å². The van der Waals surface area contributed by atoms with E-state index in [0.29, 0.717) is 11.9 Å². The third kappa shape index (κ3) is 3.82. The van der Waals surface area contributed by atoms with Gasteiger partial charge >= 0.3 is 0 Å². The van der Waals surface area contributed by atoms with Crippen molar-refractivity contribution in [3.63, 3.8) is 0 Å². The van der Waals surface area contributed by atoms with Gasteiger partial charge in [0.25, 0.3) is 0 Å². The number of rotatable bonds is 5. The molecule has 1 aromatic rings. The van der Waals surface area contributed by atoms with E-state index in [4.69, 9.17) is 10.8 Å². The molecule has 0 aliphatic heterocycles. The van der Waals surface area contributed by atoms with E-state index in [1.54, 1.807) is 0 Å². The number of nitrogens with one attached hydrogen (secondary N) is 1. The van der Waals surface area contributed by atoms with Crippen molar-refractivity contribution in [3.8, 4) is 0 Å². The molecule has 0 saturated heterocycles. The SMILES string of the molecule is CCCc1nc(NN)cc(N(C)C2CCCCCC2)n1. The molecule has 0 bridgehead atoms. The zero-order valence-corrected chi connectivity index (χ0v) is 12.7. The minimum atomic E-state index is 0.590. The monoisotopic (exact) mass is 277 g/mol.